The van der Waals surface area contributed by atoms with Gasteiger partial charge < -0.3 is 15.7 Å². The number of likely N-dealkylation sites (N-methyl/N-ethyl adjacent to an activating group) is 1. The van der Waals surface area contributed by atoms with Crippen molar-refractivity contribution in [3.8, 4) is 0 Å². The summed E-state index contributed by atoms with van der Waals surface area (Å²) in [7, 11) is 1.98. The number of anilines is 1. The van der Waals surface area contributed by atoms with Gasteiger partial charge in [0.25, 0.3) is 0 Å². The summed E-state index contributed by atoms with van der Waals surface area (Å²) >= 11 is 1.83. The molecule has 0 aliphatic carbocycles. The van der Waals surface area contributed by atoms with Gasteiger partial charge in [-0.15, -0.1) is 11.8 Å². The van der Waals surface area contributed by atoms with Crippen molar-refractivity contribution in [3.05, 3.63) is 24.3 Å². The quantitative estimate of drug-likeness (QED) is 0.741. The molecular weight excluding hydrogens is 220 g/mol. The fourth-order valence-electron chi connectivity index (χ4n) is 1.48. The third kappa shape index (κ3) is 4.04. The van der Waals surface area contributed by atoms with Crippen molar-refractivity contribution in [2.75, 3.05) is 30.9 Å². The zero-order chi connectivity index (χ0) is 12.0. The van der Waals surface area contributed by atoms with E-state index in [1.165, 1.54) is 4.90 Å². The molecule has 0 fully saturated rings. The molecule has 1 aromatic carbocycles. The van der Waals surface area contributed by atoms with Crippen LogP contribution in [0.1, 0.15) is 6.92 Å². The van der Waals surface area contributed by atoms with Crippen LogP contribution in [-0.4, -0.2) is 37.1 Å². The molecule has 1 atom stereocenters. The maximum Gasteiger partial charge on any atom is 0.0599 e. The summed E-state index contributed by atoms with van der Waals surface area (Å²) in [6.45, 7) is 2.83. The molecule has 0 spiro atoms. The highest BCUT2D eigenvalue weighted by Crippen LogP contribution is 2.21. The van der Waals surface area contributed by atoms with E-state index in [9.17, 15) is 0 Å². The number of thioether (sulfide) groups is 1. The molecule has 4 heteroatoms. The van der Waals surface area contributed by atoms with E-state index >= 15 is 0 Å². The number of rotatable bonds is 6. The Morgan fingerprint density at radius 3 is 2.50 bits per heavy atom. The summed E-state index contributed by atoms with van der Waals surface area (Å²) in [4.78, 5) is 3.34. The van der Waals surface area contributed by atoms with Crippen molar-refractivity contribution in [2.24, 2.45) is 5.73 Å². The average Bonchev–Trinajstić information content (AvgIpc) is 2.30. The van der Waals surface area contributed by atoms with Gasteiger partial charge in [-0.2, -0.15) is 0 Å². The lowest BCUT2D eigenvalue weighted by molar-refractivity contribution is 0.267. The molecule has 0 aromatic heterocycles. The SMILES string of the molecule is CCSc1ccc(N(C)CC(N)CO)cc1. The molecule has 1 rings (SSSR count). The van der Waals surface area contributed by atoms with Gasteiger partial charge in [0.15, 0.2) is 0 Å². The van der Waals surface area contributed by atoms with Crippen LogP contribution in [0.25, 0.3) is 0 Å². The summed E-state index contributed by atoms with van der Waals surface area (Å²) in [6, 6.07) is 8.22. The topological polar surface area (TPSA) is 49.5 Å². The van der Waals surface area contributed by atoms with Crippen LogP contribution in [0.15, 0.2) is 29.2 Å². The van der Waals surface area contributed by atoms with E-state index in [-0.39, 0.29) is 12.6 Å². The highest BCUT2D eigenvalue weighted by Gasteiger charge is 2.06. The summed E-state index contributed by atoms with van der Waals surface area (Å²) < 4.78 is 0. The standard InChI is InChI=1S/C12H20N2OS/c1-3-16-12-6-4-11(5-7-12)14(2)8-10(13)9-15/h4-7,10,15H,3,8-9,13H2,1-2H3. The first kappa shape index (κ1) is 13.4. The monoisotopic (exact) mass is 240 g/mol. The van der Waals surface area contributed by atoms with Gasteiger partial charge in [-0.1, -0.05) is 6.92 Å². The van der Waals surface area contributed by atoms with Crippen molar-refractivity contribution in [1.82, 2.24) is 0 Å². The number of aliphatic hydroxyl groups excluding tert-OH is 1. The van der Waals surface area contributed by atoms with E-state index in [2.05, 4.69) is 36.1 Å². The number of nitrogens with zero attached hydrogens (tertiary/aromatic N) is 1. The summed E-state index contributed by atoms with van der Waals surface area (Å²) in [5.41, 5.74) is 6.82. The molecule has 0 heterocycles. The molecule has 0 saturated carbocycles. The molecule has 0 saturated heterocycles. The largest absolute Gasteiger partial charge is 0.395 e. The zero-order valence-corrected chi connectivity index (χ0v) is 10.7. The van der Waals surface area contributed by atoms with Crippen molar-refractivity contribution in [2.45, 2.75) is 17.9 Å². The van der Waals surface area contributed by atoms with E-state index < -0.39 is 0 Å². The maximum atomic E-state index is 8.89. The molecule has 0 amide bonds. The predicted octanol–water partition coefficient (Wildman–Crippen LogP) is 1.55. The molecule has 0 aliphatic rings. The van der Waals surface area contributed by atoms with Gasteiger partial charge in [0.05, 0.1) is 6.61 Å². The minimum absolute atomic E-state index is 0.0219. The Labute approximate surface area is 102 Å². The molecule has 3 nitrogen and oxygen atoms in total. The lowest BCUT2D eigenvalue weighted by Crippen LogP contribution is -2.37. The number of hydrogen-bond acceptors (Lipinski definition) is 4. The number of hydrogen-bond donors (Lipinski definition) is 2. The minimum atomic E-state index is -0.185. The Morgan fingerprint density at radius 2 is 2.00 bits per heavy atom. The van der Waals surface area contributed by atoms with Crippen LogP contribution >= 0.6 is 11.8 Å². The Morgan fingerprint density at radius 1 is 1.38 bits per heavy atom. The minimum Gasteiger partial charge on any atom is -0.395 e. The fourth-order valence-corrected chi connectivity index (χ4v) is 2.14. The highest BCUT2D eigenvalue weighted by molar-refractivity contribution is 7.99. The highest BCUT2D eigenvalue weighted by atomic mass is 32.2. The summed E-state index contributed by atoms with van der Waals surface area (Å²) in [6.07, 6.45) is 0. The second-order valence-electron chi connectivity index (χ2n) is 3.75. The molecule has 3 N–H and O–H groups in total. The van der Waals surface area contributed by atoms with Gasteiger partial charge in [0.2, 0.25) is 0 Å². The van der Waals surface area contributed by atoms with Gasteiger partial charge in [0, 0.05) is 30.2 Å². The van der Waals surface area contributed by atoms with Crippen molar-refractivity contribution in [3.63, 3.8) is 0 Å². The van der Waals surface area contributed by atoms with E-state index in [1.54, 1.807) is 0 Å². The van der Waals surface area contributed by atoms with Crippen LogP contribution in [0.5, 0.6) is 0 Å². The summed E-state index contributed by atoms with van der Waals surface area (Å²) in [5.74, 6) is 1.09. The second kappa shape index (κ2) is 6.78. The first-order chi connectivity index (χ1) is 7.67. The second-order valence-corrected chi connectivity index (χ2v) is 5.09. The first-order valence-electron chi connectivity index (χ1n) is 5.47. The Kier molecular flexibility index (Phi) is 5.66. The van der Waals surface area contributed by atoms with Crippen LogP contribution < -0.4 is 10.6 Å². The van der Waals surface area contributed by atoms with Crippen LogP contribution in [0.2, 0.25) is 0 Å². The van der Waals surface area contributed by atoms with E-state index in [0.717, 1.165) is 11.4 Å². The molecule has 0 aliphatic heterocycles. The number of aliphatic hydroxyl groups is 1. The van der Waals surface area contributed by atoms with Crippen LogP contribution in [0.3, 0.4) is 0 Å². The maximum absolute atomic E-state index is 8.89. The van der Waals surface area contributed by atoms with Crippen LogP contribution in [-0.2, 0) is 0 Å². The average molecular weight is 240 g/mol. The van der Waals surface area contributed by atoms with Gasteiger partial charge in [-0.3, -0.25) is 0 Å². The van der Waals surface area contributed by atoms with Crippen molar-refractivity contribution >= 4 is 17.4 Å². The van der Waals surface area contributed by atoms with Crippen molar-refractivity contribution < 1.29 is 5.11 Å². The van der Waals surface area contributed by atoms with Gasteiger partial charge in [0.1, 0.15) is 0 Å². The normalized spacial score (nSPS) is 12.5. The van der Waals surface area contributed by atoms with Crippen LogP contribution in [0.4, 0.5) is 5.69 Å². The smallest absolute Gasteiger partial charge is 0.0599 e. The number of nitrogens with two attached hydrogens (primary N) is 1. The Hall–Kier alpha value is -0.710. The number of benzene rings is 1. The van der Waals surface area contributed by atoms with Crippen LogP contribution in [0, 0.1) is 0 Å². The van der Waals surface area contributed by atoms with Gasteiger partial charge in [-0.25, -0.2) is 0 Å². The molecule has 1 unspecified atom stereocenters. The van der Waals surface area contributed by atoms with E-state index in [0.29, 0.717) is 6.54 Å². The molecule has 1 aromatic rings. The van der Waals surface area contributed by atoms with Gasteiger partial charge in [-0.05, 0) is 30.0 Å². The van der Waals surface area contributed by atoms with Crippen molar-refractivity contribution in [1.29, 1.82) is 0 Å². The third-order valence-corrected chi connectivity index (χ3v) is 3.23. The molecule has 90 valence electrons. The molecule has 0 bridgehead atoms. The first-order valence-corrected chi connectivity index (χ1v) is 6.46. The van der Waals surface area contributed by atoms with E-state index in [4.69, 9.17) is 10.8 Å². The Bertz CT molecular complexity index is 302. The summed E-state index contributed by atoms with van der Waals surface area (Å²) in [5, 5.41) is 8.89. The zero-order valence-electron chi connectivity index (χ0n) is 9.89. The lowest BCUT2D eigenvalue weighted by Gasteiger charge is -2.22. The third-order valence-electron chi connectivity index (χ3n) is 2.33. The van der Waals surface area contributed by atoms with E-state index in [1.807, 2.05) is 18.8 Å². The lowest BCUT2D eigenvalue weighted by atomic mass is 10.2. The fraction of sp³-hybridized carbons (Fsp3) is 0.500. The van der Waals surface area contributed by atoms with Gasteiger partial charge >= 0.3 is 0 Å². The predicted molar refractivity (Wildman–Crippen MR) is 71.2 cm³/mol. The molecule has 16 heavy (non-hydrogen) atoms. The molecular formula is C12H20N2OS. The Balaban J connectivity index is 2.59. The molecule has 0 radical (unpaired) electrons.